The molecule has 6 rings (SSSR count). The molecule has 0 radical (unpaired) electrons. The van der Waals surface area contributed by atoms with Crippen LogP contribution in [0.25, 0.3) is 31.7 Å². The van der Waals surface area contributed by atoms with Gasteiger partial charge in [-0.15, -0.1) is 11.3 Å². The number of hydrogen-bond acceptors (Lipinski definition) is 3. The highest BCUT2D eigenvalue weighted by atomic mass is 32.1. The van der Waals surface area contributed by atoms with Crippen molar-refractivity contribution in [2.75, 3.05) is 7.05 Å². The standard InChI is InChI=1S/C34H28FNO2S/c1-36-33(38)31-28-20-24(13-16-30(28)39-32(31)22-11-14-27(35)15-12-22)23-7-5-8-25(19-23)29(37)21-34(17-6-18-34)26-9-3-2-4-10-26/h2-5,7-16,19-20H,6,17-18,21H2,1H3,(H,36,38). The maximum absolute atomic E-state index is 13.6. The number of hydrogen-bond donors (Lipinski definition) is 1. The molecule has 5 aromatic rings. The van der Waals surface area contributed by atoms with E-state index >= 15 is 0 Å². The van der Waals surface area contributed by atoms with Gasteiger partial charge in [-0.2, -0.15) is 0 Å². The van der Waals surface area contributed by atoms with Gasteiger partial charge in [-0.3, -0.25) is 9.59 Å². The molecule has 1 fully saturated rings. The van der Waals surface area contributed by atoms with E-state index in [4.69, 9.17) is 0 Å². The van der Waals surface area contributed by atoms with E-state index in [9.17, 15) is 14.0 Å². The first-order chi connectivity index (χ1) is 19.0. The first-order valence-corrected chi connectivity index (χ1v) is 14.0. The van der Waals surface area contributed by atoms with Crippen LogP contribution in [0.4, 0.5) is 4.39 Å². The lowest BCUT2D eigenvalue weighted by Gasteiger charge is -2.42. The second-order valence-electron chi connectivity index (χ2n) is 10.3. The zero-order valence-electron chi connectivity index (χ0n) is 21.7. The lowest BCUT2D eigenvalue weighted by Crippen LogP contribution is -2.36. The number of fused-ring (bicyclic) bond motifs is 1. The first kappa shape index (κ1) is 25.2. The summed E-state index contributed by atoms with van der Waals surface area (Å²) in [5, 5.41) is 3.60. The van der Waals surface area contributed by atoms with Crippen LogP contribution in [0.5, 0.6) is 0 Å². The monoisotopic (exact) mass is 533 g/mol. The Morgan fingerprint density at radius 1 is 0.846 bits per heavy atom. The van der Waals surface area contributed by atoms with Gasteiger partial charge < -0.3 is 5.32 Å². The molecule has 1 N–H and O–H groups in total. The van der Waals surface area contributed by atoms with Crippen molar-refractivity contribution >= 4 is 33.1 Å². The number of nitrogens with one attached hydrogen (secondary N) is 1. The highest BCUT2D eigenvalue weighted by Crippen LogP contribution is 2.47. The molecule has 0 unspecified atom stereocenters. The number of benzene rings is 4. The Morgan fingerprint density at radius 3 is 2.26 bits per heavy atom. The van der Waals surface area contributed by atoms with Crippen molar-refractivity contribution in [3.8, 4) is 21.6 Å². The van der Waals surface area contributed by atoms with Crippen LogP contribution in [-0.2, 0) is 5.41 Å². The molecule has 5 heteroatoms. The molecule has 194 valence electrons. The number of halogens is 1. The molecule has 4 aromatic carbocycles. The minimum absolute atomic E-state index is 0.0664. The largest absolute Gasteiger partial charge is 0.355 e. The molecule has 1 aromatic heterocycles. The van der Waals surface area contributed by atoms with E-state index in [0.717, 1.165) is 50.9 Å². The second-order valence-corrected chi connectivity index (χ2v) is 11.3. The summed E-state index contributed by atoms with van der Waals surface area (Å²) in [5.74, 6) is -0.347. The van der Waals surface area contributed by atoms with Crippen molar-refractivity contribution in [3.63, 3.8) is 0 Å². The number of ketones is 1. The lowest BCUT2D eigenvalue weighted by molar-refractivity contribution is 0.0904. The Morgan fingerprint density at radius 2 is 1.56 bits per heavy atom. The van der Waals surface area contributed by atoms with Crippen LogP contribution < -0.4 is 5.32 Å². The fourth-order valence-electron chi connectivity index (χ4n) is 5.68. The predicted octanol–water partition coefficient (Wildman–Crippen LogP) is 8.43. The topological polar surface area (TPSA) is 46.2 Å². The molecule has 0 bridgehead atoms. The SMILES string of the molecule is CNC(=O)c1c(-c2ccc(F)cc2)sc2ccc(-c3cccc(C(=O)CC4(c5ccccc5)CCC4)c3)cc12. The van der Waals surface area contributed by atoms with Crippen LogP contribution in [0, 0.1) is 5.82 Å². The summed E-state index contributed by atoms with van der Waals surface area (Å²) in [5.41, 5.74) is 5.14. The fraction of sp³-hybridized carbons (Fsp3) is 0.176. The van der Waals surface area contributed by atoms with Crippen LogP contribution in [0.3, 0.4) is 0 Å². The molecule has 39 heavy (non-hydrogen) atoms. The Labute approximate surface area is 231 Å². The van der Waals surface area contributed by atoms with Gasteiger partial charge in [-0.05, 0) is 65.4 Å². The van der Waals surface area contributed by atoms with E-state index in [-0.39, 0.29) is 22.9 Å². The van der Waals surface area contributed by atoms with Crippen molar-refractivity contribution in [1.29, 1.82) is 0 Å². The second kappa shape index (κ2) is 10.2. The van der Waals surface area contributed by atoms with Crippen LogP contribution in [0.15, 0.2) is 97.1 Å². The third-order valence-electron chi connectivity index (χ3n) is 7.96. The molecule has 3 nitrogen and oxygen atoms in total. The summed E-state index contributed by atoms with van der Waals surface area (Å²) < 4.78 is 14.5. The molecule has 0 spiro atoms. The molecule has 0 saturated heterocycles. The number of carbonyl (C=O) groups is 2. The number of thiophene rings is 1. The maximum atomic E-state index is 13.6. The first-order valence-electron chi connectivity index (χ1n) is 13.2. The van der Waals surface area contributed by atoms with E-state index in [2.05, 4.69) is 29.6 Å². The highest BCUT2D eigenvalue weighted by molar-refractivity contribution is 7.22. The van der Waals surface area contributed by atoms with Crippen LogP contribution >= 0.6 is 11.3 Å². The third kappa shape index (κ3) is 4.68. The van der Waals surface area contributed by atoms with Gasteiger partial charge in [0.15, 0.2) is 5.78 Å². The van der Waals surface area contributed by atoms with E-state index in [0.29, 0.717) is 17.5 Å². The van der Waals surface area contributed by atoms with Gasteiger partial charge in [-0.25, -0.2) is 4.39 Å². The molecule has 0 atom stereocenters. The average Bonchev–Trinajstić information content (AvgIpc) is 3.34. The predicted molar refractivity (Wildman–Crippen MR) is 157 cm³/mol. The van der Waals surface area contributed by atoms with E-state index < -0.39 is 0 Å². The smallest absolute Gasteiger partial charge is 0.253 e. The fourth-order valence-corrected chi connectivity index (χ4v) is 6.86. The van der Waals surface area contributed by atoms with Crippen molar-refractivity contribution in [2.45, 2.75) is 31.1 Å². The van der Waals surface area contributed by atoms with Crippen LogP contribution in [0.2, 0.25) is 0 Å². The van der Waals surface area contributed by atoms with E-state index in [1.54, 1.807) is 19.2 Å². The molecule has 1 aliphatic carbocycles. The molecule has 0 aliphatic heterocycles. The highest BCUT2D eigenvalue weighted by Gasteiger charge is 2.40. The summed E-state index contributed by atoms with van der Waals surface area (Å²) in [6.45, 7) is 0. The number of Topliss-reactive ketones (excluding diaryl/α,β-unsaturated/α-hetero) is 1. The van der Waals surface area contributed by atoms with Gasteiger partial charge in [0.25, 0.3) is 5.91 Å². The van der Waals surface area contributed by atoms with Gasteiger partial charge in [0.2, 0.25) is 0 Å². The summed E-state index contributed by atoms with van der Waals surface area (Å²) in [6.07, 6.45) is 3.73. The quantitative estimate of drug-likeness (QED) is 0.213. The van der Waals surface area contributed by atoms with Gasteiger partial charge in [0.05, 0.1) is 5.56 Å². The lowest BCUT2D eigenvalue weighted by atomic mass is 9.61. The number of rotatable bonds is 7. The van der Waals surface area contributed by atoms with Crippen LogP contribution in [-0.4, -0.2) is 18.7 Å². The Balaban J connectivity index is 1.36. The van der Waals surface area contributed by atoms with Gasteiger partial charge in [0.1, 0.15) is 5.82 Å². The summed E-state index contributed by atoms with van der Waals surface area (Å²) in [7, 11) is 1.61. The van der Waals surface area contributed by atoms with Crippen molar-refractivity contribution in [1.82, 2.24) is 5.32 Å². The van der Waals surface area contributed by atoms with E-state index in [1.807, 2.05) is 48.5 Å². The minimum Gasteiger partial charge on any atom is -0.355 e. The molecular weight excluding hydrogens is 505 g/mol. The summed E-state index contributed by atoms with van der Waals surface area (Å²) >= 11 is 1.51. The van der Waals surface area contributed by atoms with Gasteiger partial charge in [0, 0.05) is 39.4 Å². The summed E-state index contributed by atoms with van der Waals surface area (Å²) in [6, 6.07) is 30.5. The molecule has 1 heterocycles. The van der Waals surface area contributed by atoms with Gasteiger partial charge >= 0.3 is 0 Å². The zero-order valence-corrected chi connectivity index (χ0v) is 22.5. The maximum Gasteiger partial charge on any atom is 0.253 e. The molecular formula is C34H28FNO2S. The van der Waals surface area contributed by atoms with Crippen LogP contribution in [0.1, 0.15) is 52.0 Å². The zero-order chi connectivity index (χ0) is 27.0. The normalized spacial score (nSPS) is 14.1. The third-order valence-corrected chi connectivity index (χ3v) is 9.18. The number of amides is 1. The molecule has 1 amide bonds. The Kier molecular flexibility index (Phi) is 6.61. The Hall–Kier alpha value is -4.09. The van der Waals surface area contributed by atoms with E-state index in [1.165, 1.54) is 29.0 Å². The number of carbonyl (C=O) groups excluding carboxylic acids is 2. The summed E-state index contributed by atoms with van der Waals surface area (Å²) in [4.78, 5) is 27.3. The van der Waals surface area contributed by atoms with Crippen molar-refractivity contribution < 1.29 is 14.0 Å². The molecule has 1 saturated carbocycles. The molecule has 1 aliphatic rings. The Bertz CT molecular complexity index is 1680. The minimum atomic E-state index is -0.315. The van der Waals surface area contributed by atoms with Crippen molar-refractivity contribution in [2.24, 2.45) is 0 Å². The van der Waals surface area contributed by atoms with Crippen molar-refractivity contribution in [3.05, 3.63) is 120 Å². The van der Waals surface area contributed by atoms with Gasteiger partial charge in [-0.1, -0.05) is 73.2 Å². The average molecular weight is 534 g/mol.